The van der Waals surface area contributed by atoms with Gasteiger partial charge in [0.15, 0.2) is 0 Å². The fourth-order valence-corrected chi connectivity index (χ4v) is 1.04. The summed E-state index contributed by atoms with van der Waals surface area (Å²) in [7, 11) is 2.66. The second-order valence-corrected chi connectivity index (χ2v) is 2.55. The van der Waals surface area contributed by atoms with Gasteiger partial charge in [-0.05, 0) is 7.05 Å². The van der Waals surface area contributed by atoms with Gasteiger partial charge in [-0.2, -0.15) is 13.2 Å². The molecule has 7 heteroatoms. The highest BCUT2D eigenvalue weighted by molar-refractivity contribution is 5.04. The molecule has 13 heavy (non-hydrogen) atoms. The zero-order chi connectivity index (χ0) is 10.1. The number of hydrogen-bond donors (Lipinski definition) is 1. The van der Waals surface area contributed by atoms with Crippen molar-refractivity contribution in [1.29, 1.82) is 0 Å². The first kappa shape index (κ1) is 9.97. The normalized spacial score (nSPS) is 14.5. The van der Waals surface area contributed by atoms with Gasteiger partial charge in [0.2, 0.25) is 0 Å². The van der Waals surface area contributed by atoms with E-state index in [1.807, 2.05) is 0 Å². The maximum atomic E-state index is 12.3. The molecule has 0 amide bonds. The summed E-state index contributed by atoms with van der Waals surface area (Å²) in [4.78, 5) is 0. The Morgan fingerprint density at radius 3 is 2.46 bits per heavy atom. The number of aromatic nitrogens is 3. The zero-order valence-corrected chi connectivity index (χ0v) is 7.13. The van der Waals surface area contributed by atoms with Crippen LogP contribution in [0.3, 0.4) is 0 Å². The molecule has 0 saturated carbocycles. The Hall–Kier alpha value is -1.11. The average molecular weight is 194 g/mol. The van der Waals surface area contributed by atoms with Gasteiger partial charge in [0.05, 0.1) is 11.9 Å². The number of halogens is 3. The fraction of sp³-hybridized carbons (Fsp3) is 0.667. The van der Waals surface area contributed by atoms with Crippen molar-refractivity contribution < 1.29 is 13.2 Å². The summed E-state index contributed by atoms with van der Waals surface area (Å²) in [5, 5.41) is 8.96. The van der Waals surface area contributed by atoms with Crippen LogP contribution in [0.5, 0.6) is 0 Å². The van der Waals surface area contributed by atoms with Crippen LogP contribution >= 0.6 is 0 Å². The molecule has 0 saturated heterocycles. The van der Waals surface area contributed by atoms with Crippen LogP contribution in [-0.4, -0.2) is 28.2 Å². The quantitative estimate of drug-likeness (QED) is 0.751. The van der Waals surface area contributed by atoms with E-state index in [1.165, 1.54) is 14.1 Å². The van der Waals surface area contributed by atoms with Crippen molar-refractivity contribution in [3.8, 4) is 0 Å². The SMILES string of the molecule is CNC(c1cnnn1C)C(F)(F)F. The highest BCUT2D eigenvalue weighted by Gasteiger charge is 2.41. The van der Waals surface area contributed by atoms with E-state index in [0.29, 0.717) is 0 Å². The Kier molecular flexibility index (Phi) is 2.55. The van der Waals surface area contributed by atoms with E-state index in [4.69, 9.17) is 0 Å². The lowest BCUT2D eigenvalue weighted by Crippen LogP contribution is -2.33. The first-order valence-electron chi connectivity index (χ1n) is 3.55. The lowest BCUT2D eigenvalue weighted by Gasteiger charge is -2.18. The molecule has 1 aromatic heterocycles. The molecule has 1 atom stereocenters. The fourth-order valence-electron chi connectivity index (χ4n) is 1.04. The Bertz CT molecular complexity index is 280. The predicted molar refractivity (Wildman–Crippen MR) is 38.9 cm³/mol. The number of nitrogens with zero attached hydrogens (tertiary/aromatic N) is 3. The summed E-state index contributed by atoms with van der Waals surface area (Å²) in [6, 6.07) is -1.72. The molecule has 4 nitrogen and oxygen atoms in total. The third-order valence-corrected chi connectivity index (χ3v) is 1.66. The first-order valence-corrected chi connectivity index (χ1v) is 3.55. The molecule has 0 aliphatic rings. The van der Waals surface area contributed by atoms with Gasteiger partial charge in [-0.25, -0.2) is 0 Å². The molecule has 1 unspecified atom stereocenters. The number of alkyl halides is 3. The summed E-state index contributed by atoms with van der Waals surface area (Å²) in [6.07, 6.45) is -3.24. The topological polar surface area (TPSA) is 42.7 Å². The number of nitrogens with one attached hydrogen (secondary N) is 1. The molecule has 0 aliphatic carbocycles. The maximum Gasteiger partial charge on any atom is 0.409 e. The van der Waals surface area contributed by atoms with Crippen molar-refractivity contribution in [2.45, 2.75) is 12.2 Å². The highest BCUT2D eigenvalue weighted by Crippen LogP contribution is 2.31. The van der Waals surface area contributed by atoms with Crippen molar-refractivity contribution in [2.75, 3.05) is 7.05 Å². The molecule has 1 heterocycles. The zero-order valence-electron chi connectivity index (χ0n) is 7.13. The minimum absolute atomic E-state index is 0.00463. The lowest BCUT2D eigenvalue weighted by atomic mass is 10.2. The van der Waals surface area contributed by atoms with Crippen LogP contribution in [0, 0.1) is 0 Å². The molecule has 74 valence electrons. The molecule has 0 fully saturated rings. The van der Waals surface area contributed by atoms with Crippen LogP contribution < -0.4 is 5.32 Å². The van der Waals surface area contributed by atoms with E-state index < -0.39 is 12.2 Å². The maximum absolute atomic E-state index is 12.3. The molecule has 0 bridgehead atoms. The van der Waals surface area contributed by atoms with Crippen molar-refractivity contribution in [3.63, 3.8) is 0 Å². The van der Waals surface area contributed by atoms with Gasteiger partial charge < -0.3 is 5.32 Å². The first-order chi connectivity index (χ1) is 5.96. The van der Waals surface area contributed by atoms with Gasteiger partial charge in [0.25, 0.3) is 0 Å². The van der Waals surface area contributed by atoms with Crippen LogP contribution in [-0.2, 0) is 7.05 Å². The van der Waals surface area contributed by atoms with Gasteiger partial charge >= 0.3 is 6.18 Å². The molecule has 1 rings (SSSR count). The smallest absolute Gasteiger partial charge is 0.304 e. The Morgan fingerprint density at radius 1 is 1.54 bits per heavy atom. The summed E-state index contributed by atoms with van der Waals surface area (Å²) < 4.78 is 38.1. The third-order valence-electron chi connectivity index (χ3n) is 1.66. The van der Waals surface area contributed by atoms with Gasteiger partial charge in [-0.3, -0.25) is 4.68 Å². The lowest BCUT2D eigenvalue weighted by molar-refractivity contribution is -0.157. The molecule has 0 aromatic carbocycles. The van der Waals surface area contributed by atoms with Gasteiger partial charge in [-0.1, -0.05) is 5.21 Å². The van der Waals surface area contributed by atoms with Crippen molar-refractivity contribution in [2.24, 2.45) is 7.05 Å². The standard InChI is InChI=1S/C6H9F3N4/c1-10-5(6(7,8)9)4-3-11-12-13(4)2/h3,5,10H,1-2H3. The summed E-state index contributed by atoms with van der Waals surface area (Å²) >= 11 is 0. The van der Waals surface area contributed by atoms with Crippen LogP contribution in [0.2, 0.25) is 0 Å². The number of aryl methyl sites for hydroxylation is 1. The molecule has 0 radical (unpaired) electrons. The summed E-state index contributed by atoms with van der Waals surface area (Å²) in [5.41, 5.74) is -0.00463. The molecule has 0 spiro atoms. The number of rotatable bonds is 2. The van der Waals surface area contributed by atoms with Crippen LogP contribution in [0.1, 0.15) is 11.7 Å². The Morgan fingerprint density at radius 2 is 2.15 bits per heavy atom. The van der Waals surface area contributed by atoms with E-state index in [1.54, 1.807) is 0 Å². The van der Waals surface area contributed by atoms with Gasteiger partial charge in [-0.15, -0.1) is 5.10 Å². The molecule has 1 aromatic rings. The van der Waals surface area contributed by atoms with E-state index in [9.17, 15) is 13.2 Å². The van der Waals surface area contributed by atoms with Crippen molar-refractivity contribution in [3.05, 3.63) is 11.9 Å². The van der Waals surface area contributed by atoms with Crippen LogP contribution in [0.4, 0.5) is 13.2 Å². The van der Waals surface area contributed by atoms with Crippen LogP contribution in [0.15, 0.2) is 6.20 Å². The summed E-state index contributed by atoms with van der Waals surface area (Å²) in [5.74, 6) is 0. The molecular weight excluding hydrogens is 185 g/mol. The number of hydrogen-bond acceptors (Lipinski definition) is 3. The Labute approximate surface area is 72.7 Å². The van der Waals surface area contributed by atoms with Gasteiger partial charge in [0.1, 0.15) is 6.04 Å². The van der Waals surface area contributed by atoms with Crippen molar-refractivity contribution >= 4 is 0 Å². The Balaban J connectivity index is 2.98. The minimum atomic E-state index is -4.33. The molecule has 0 aliphatic heterocycles. The van der Waals surface area contributed by atoms with E-state index >= 15 is 0 Å². The van der Waals surface area contributed by atoms with E-state index in [2.05, 4.69) is 15.6 Å². The average Bonchev–Trinajstić information content (AvgIpc) is 2.35. The predicted octanol–water partition coefficient (Wildman–Crippen LogP) is 0.638. The second-order valence-electron chi connectivity index (χ2n) is 2.55. The molecular formula is C6H9F3N4. The minimum Gasteiger partial charge on any atom is -0.304 e. The third kappa shape index (κ3) is 1.97. The second kappa shape index (κ2) is 3.33. The monoisotopic (exact) mass is 194 g/mol. The van der Waals surface area contributed by atoms with E-state index in [-0.39, 0.29) is 5.69 Å². The van der Waals surface area contributed by atoms with Crippen molar-refractivity contribution in [1.82, 2.24) is 20.3 Å². The largest absolute Gasteiger partial charge is 0.409 e. The summed E-state index contributed by atoms with van der Waals surface area (Å²) in [6.45, 7) is 0. The van der Waals surface area contributed by atoms with Crippen LogP contribution in [0.25, 0.3) is 0 Å². The molecule has 1 N–H and O–H groups in total. The van der Waals surface area contributed by atoms with Gasteiger partial charge in [0, 0.05) is 7.05 Å². The highest BCUT2D eigenvalue weighted by atomic mass is 19.4. The van der Waals surface area contributed by atoms with E-state index in [0.717, 1.165) is 10.9 Å².